The van der Waals surface area contributed by atoms with Crippen molar-refractivity contribution < 1.29 is 13.2 Å². The van der Waals surface area contributed by atoms with Crippen LogP contribution in [0, 0.1) is 0 Å². The van der Waals surface area contributed by atoms with Gasteiger partial charge in [0.15, 0.2) is 0 Å². The number of rotatable bonds is 4. The summed E-state index contributed by atoms with van der Waals surface area (Å²) in [5.41, 5.74) is 0.891. The first-order valence-corrected chi connectivity index (χ1v) is 10.3. The Balaban J connectivity index is 1.76. The Morgan fingerprint density at radius 3 is 2.29 bits per heavy atom. The molecule has 5 nitrogen and oxygen atoms in total. The summed E-state index contributed by atoms with van der Waals surface area (Å²) in [5.74, 6) is -0.0328. The van der Waals surface area contributed by atoms with Crippen LogP contribution in [0.25, 0.3) is 0 Å². The zero-order valence-corrected chi connectivity index (χ0v) is 15.6. The molecule has 1 aromatic heterocycles. The zero-order valence-electron chi connectivity index (χ0n) is 12.5. The maximum absolute atomic E-state index is 12.3. The van der Waals surface area contributed by atoms with Crippen LogP contribution in [0.3, 0.4) is 0 Å². The van der Waals surface area contributed by atoms with E-state index in [1.807, 2.05) is 0 Å². The van der Waals surface area contributed by atoms with Crippen molar-refractivity contribution in [2.24, 2.45) is 0 Å². The molecule has 1 aliphatic rings. The van der Waals surface area contributed by atoms with Gasteiger partial charge < -0.3 is 4.90 Å². The highest BCUT2D eigenvalue weighted by molar-refractivity contribution is 7.93. The van der Waals surface area contributed by atoms with E-state index in [0.29, 0.717) is 15.6 Å². The van der Waals surface area contributed by atoms with E-state index < -0.39 is 10.0 Å². The summed E-state index contributed by atoms with van der Waals surface area (Å²) >= 11 is 12.7. The Hall–Kier alpha value is -1.28. The summed E-state index contributed by atoms with van der Waals surface area (Å²) in [6.07, 6.45) is 2.04. The molecule has 1 N–H and O–H groups in total. The molecule has 1 fully saturated rings. The average molecular weight is 405 g/mol. The maximum atomic E-state index is 12.3. The van der Waals surface area contributed by atoms with Gasteiger partial charge in [-0.25, -0.2) is 8.42 Å². The highest BCUT2D eigenvalue weighted by Crippen LogP contribution is 2.35. The number of thiophene rings is 1. The highest BCUT2D eigenvalue weighted by Gasteiger charge is 2.22. The van der Waals surface area contributed by atoms with Gasteiger partial charge in [0.25, 0.3) is 15.9 Å². The number of likely N-dealkylation sites (tertiary alicyclic amines) is 1. The van der Waals surface area contributed by atoms with Gasteiger partial charge in [0, 0.05) is 24.3 Å². The molecule has 2 heterocycles. The average Bonchev–Trinajstić information content (AvgIpc) is 3.17. The number of nitrogens with zero attached hydrogens (tertiary/aromatic N) is 1. The molecule has 9 heteroatoms. The molecule has 1 amide bonds. The minimum absolute atomic E-state index is 0.0328. The molecule has 128 valence electrons. The largest absolute Gasteiger partial charge is 0.339 e. The summed E-state index contributed by atoms with van der Waals surface area (Å²) in [4.78, 5) is 14.0. The first-order valence-electron chi connectivity index (χ1n) is 7.24. The fourth-order valence-electron chi connectivity index (χ4n) is 2.50. The fourth-order valence-corrected chi connectivity index (χ4v) is 5.71. The zero-order chi connectivity index (χ0) is 17.3. The number of halogens is 2. The SMILES string of the molecule is O=C(c1ccc(NS(=O)(=O)c2cc(Cl)sc2Cl)cc1)N1CCCC1. The van der Waals surface area contributed by atoms with E-state index in [2.05, 4.69) is 4.72 Å². The Morgan fingerprint density at radius 2 is 1.75 bits per heavy atom. The number of amides is 1. The van der Waals surface area contributed by atoms with Crippen molar-refractivity contribution in [1.29, 1.82) is 0 Å². The van der Waals surface area contributed by atoms with E-state index in [1.54, 1.807) is 29.2 Å². The first-order chi connectivity index (χ1) is 11.4. The van der Waals surface area contributed by atoms with Gasteiger partial charge in [-0.15, -0.1) is 11.3 Å². The van der Waals surface area contributed by atoms with Crippen LogP contribution in [-0.2, 0) is 10.0 Å². The molecule has 3 rings (SSSR count). The smallest absolute Gasteiger partial charge is 0.264 e. The molecule has 0 aliphatic carbocycles. The van der Waals surface area contributed by atoms with E-state index in [1.165, 1.54) is 6.07 Å². The van der Waals surface area contributed by atoms with Crippen LogP contribution in [0.15, 0.2) is 35.2 Å². The Morgan fingerprint density at radius 1 is 1.12 bits per heavy atom. The summed E-state index contributed by atoms with van der Waals surface area (Å²) in [5, 5.41) is 0. The van der Waals surface area contributed by atoms with Crippen LogP contribution in [0.1, 0.15) is 23.2 Å². The second-order valence-electron chi connectivity index (χ2n) is 5.37. The van der Waals surface area contributed by atoms with Crippen LogP contribution in [0.2, 0.25) is 8.67 Å². The Kier molecular flexibility index (Phi) is 5.05. The van der Waals surface area contributed by atoms with Crippen molar-refractivity contribution in [3.05, 3.63) is 44.6 Å². The number of carbonyl (C=O) groups excluding carboxylic acids is 1. The number of carbonyl (C=O) groups is 1. The molecule has 1 aromatic carbocycles. The quantitative estimate of drug-likeness (QED) is 0.833. The van der Waals surface area contributed by atoms with Gasteiger partial charge in [-0.3, -0.25) is 9.52 Å². The number of anilines is 1. The van der Waals surface area contributed by atoms with Crippen molar-refractivity contribution in [3.63, 3.8) is 0 Å². The molecular weight excluding hydrogens is 391 g/mol. The third-order valence-electron chi connectivity index (χ3n) is 3.69. The van der Waals surface area contributed by atoms with E-state index in [4.69, 9.17) is 23.2 Å². The Labute approximate surface area is 154 Å². The lowest BCUT2D eigenvalue weighted by atomic mass is 10.2. The highest BCUT2D eigenvalue weighted by atomic mass is 35.5. The van der Waals surface area contributed by atoms with Gasteiger partial charge >= 0.3 is 0 Å². The molecule has 0 radical (unpaired) electrons. The molecule has 0 bridgehead atoms. The van der Waals surface area contributed by atoms with Gasteiger partial charge in [0.2, 0.25) is 0 Å². The topological polar surface area (TPSA) is 66.5 Å². The fraction of sp³-hybridized carbons (Fsp3) is 0.267. The predicted octanol–water partition coefficient (Wildman–Crippen LogP) is 4.09. The van der Waals surface area contributed by atoms with E-state index in [0.717, 1.165) is 37.3 Å². The molecular formula is C15H14Cl2N2O3S2. The van der Waals surface area contributed by atoms with Crippen LogP contribution in [0.4, 0.5) is 5.69 Å². The molecule has 2 aromatic rings. The summed E-state index contributed by atoms with van der Waals surface area (Å²) in [6, 6.07) is 7.65. The maximum Gasteiger partial charge on any atom is 0.264 e. The number of nitrogens with one attached hydrogen (secondary N) is 1. The minimum Gasteiger partial charge on any atom is -0.339 e. The van der Waals surface area contributed by atoms with Crippen LogP contribution < -0.4 is 4.72 Å². The lowest BCUT2D eigenvalue weighted by molar-refractivity contribution is 0.0793. The monoisotopic (exact) mass is 404 g/mol. The van der Waals surface area contributed by atoms with Crippen LogP contribution in [-0.4, -0.2) is 32.3 Å². The lowest BCUT2D eigenvalue weighted by Crippen LogP contribution is -2.27. The van der Waals surface area contributed by atoms with Gasteiger partial charge in [0.05, 0.1) is 4.34 Å². The van der Waals surface area contributed by atoms with Crippen molar-refractivity contribution in [1.82, 2.24) is 4.90 Å². The van der Waals surface area contributed by atoms with Gasteiger partial charge in [0.1, 0.15) is 9.23 Å². The van der Waals surface area contributed by atoms with Crippen LogP contribution >= 0.6 is 34.5 Å². The lowest BCUT2D eigenvalue weighted by Gasteiger charge is -2.15. The molecule has 0 saturated carbocycles. The molecule has 0 spiro atoms. The third-order valence-corrected chi connectivity index (χ3v) is 6.83. The van der Waals surface area contributed by atoms with Crippen molar-refractivity contribution in [2.45, 2.75) is 17.7 Å². The second-order valence-corrected chi connectivity index (χ2v) is 9.31. The molecule has 1 aliphatic heterocycles. The summed E-state index contributed by atoms with van der Waals surface area (Å²) in [6.45, 7) is 1.54. The van der Waals surface area contributed by atoms with E-state index >= 15 is 0 Å². The van der Waals surface area contributed by atoms with Crippen LogP contribution in [0.5, 0.6) is 0 Å². The molecule has 0 atom stereocenters. The van der Waals surface area contributed by atoms with Gasteiger partial charge in [-0.05, 0) is 43.2 Å². The van der Waals surface area contributed by atoms with E-state index in [9.17, 15) is 13.2 Å². The standard InChI is InChI=1S/C15H14Cl2N2O3S2/c16-13-9-12(14(17)23-13)24(21,22)18-11-5-3-10(4-6-11)15(20)19-7-1-2-8-19/h3-6,9,18H,1-2,7-8H2. The number of hydrogen-bond acceptors (Lipinski definition) is 4. The molecule has 24 heavy (non-hydrogen) atoms. The molecule has 1 saturated heterocycles. The van der Waals surface area contributed by atoms with Crippen molar-refractivity contribution in [3.8, 4) is 0 Å². The minimum atomic E-state index is -3.82. The number of sulfonamides is 1. The summed E-state index contributed by atoms with van der Waals surface area (Å²) < 4.78 is 27.5. The first kappa shape index (κ1) is 17.5. The van der Waals surface area contributed by atoms with Gasteiger partial charge in [-0.2, -0.15) is 0 Å². The van der Waals surface area contributed by atoms with E-state index in [-0.39, 0.29) is 15.1 Å². The second kappa shape index (κ2) is 6.92. The predicted molar refractivity (Wildman–Crippen MR) is 96.7 cm³/mol. The van der Waals surface area contributed by atoms with Crippen molar-refractivity contribution in [2.75, 3.05) is 17.8 Å². The Bertz CT molecular complexity index is 857. The normalized spacial score (nSPS) is 14.8. The van der Waals surface area contributed by atoms with Gasteiger partial charge in [-0.1, -0.05) is 23.2 Å². The summed E-state index contributed by atoms with van der Waals surface area (Å²) in [7, 11) is -3.82. The van der Waals surface area contributed by atoms with Crippen molar-refractivity contribution >= 4 is 56.2 Å². The molecule has 0 unspecified atom stereocenters. The third kappa shape index (κ3) is 3.69. The number of hydrogen-bond donors (Lipinski definition) is 1. The number of benzene rings is 1.